The number of nitrogen functional groups attached to an aromatic ring is 1. The lowest BCUT2D eigenvalue weighted by Gasteiger charge is -2.18. The van der Waals surface area contributed by atoms with E-state index in [1.807, 2.05) is 0 Å². The zero-order valence-electron chi connectivity index (χ0n) is 8.07. The van der Waals surface area contributed by atoms with E-state index >= 15 is 0 Å². The lowest BCUT2D eigenvalue weighted by Crippen LogP contribution is -2.28. The van der Waals surface area contributed by atoms with Gasteiger partial charge in [-0.1, -0.05) is 0 Å². The van der Waals surface area contributed by atoms with Crippen LogP contribution >= 0.6 is 0 Å². The molecule has 0 amide bonds. The van der Waals surface area contributed by atoms with E-state index in [-0.39, 0.29) is 5.69 Å². The number of anilines is 2. The number of aromatic nitrogens is 1. The molecule has 0 spiro atoms. The highest BCUT2D eigenvalue weighted by molar-refractivity contribution is 5.55. The summed E-state index contributed by atoms with van der Waals surface area (Å²) in [5, 5.41) is 0.669. The minimum atomic E-state index is -4.59. The topological polar surface area (TPSA) is 94.2 Å². The van der Waals surface area contributed by atoms with Gasteiger partial charge in [0, 0.05) is 12.4 Å². The van der Waals surface area contributed by atoms with Gasteiger partial charge in [-0.3, -0.25) is 5.01 Å². The van der Waals surface area contributed by atoms with Crippen LogP contribution in [0.25, 0.3) is 0 Å². The SMILES string of the molecule is N/C=C\N(N)c1ncc(N)cc1C(F)(F)F. The molecule has 88 valence electrons. The number of nitrogens with two attached hydrogens (primary N) is 3. The summed E-state index contributed by atoms with van der Waals surface area (Å²) in [5.74, 6) is 4.85. The van der Waals surface area contributed by atoms with Gasteiger partial charge in [0.1, 0.15) is 5.56 Å². The molecule has 0 aromatic carbocycles. The summed E-state index contributed by atoms with van der Waals surface area (Å²) in [6.07, 6.45) is -1.46. The van der Waals surface area contributed by atoms with Gasteiger partial charge in [0.25, 0.3) is 0 Å². The summed E-state index contributed by atoms with van der Waals surface area (Å²) < 4.78 is 37.8. The molecule has 1 aromatic heterocycles. The second kappa shape index (κ2) is 4.27. The molecule has 8 heteroatoms. The van der Waals surface area contributed by atoms with Gasteiger partial charge in [-0.15, -0.1) is 0 Å². The number of hydrogen-bond acceptors (Lipinski definition) is 5. The Labute approximate surface area is 89.3 Å². The number of rotatable bonds is 2. The Hall–Kier alpha value is -1.96. The van der Waals surface area contributed by atoms with Gasteiger partial charge in [-0.2, -0.15) is 13.2 Å². The maximum Gasteiger partial charge on any atom is 0.420 e. The Bertz CT molecular complexity index is 401. The van der Waals surface area contributed by atoms with Crippen LogP contribution in [0.3, 0.4) is 0 Å². The lowest BCUT2D eigenvalue weighted by atomic mass is 10.2. The fourth-order valence-electron chi connectivity index (χ4n) is 1.05. The molecule has 0 saturated carbocycles. The van der Waals surface area contributed by atoms with Crippen molar-refractivity contribution < 1.29 is 13.2 Å². The Morgan fingerprint density at radius 3 is 2.50 bits per heavy atom. The monoisotopic (exact) mass is 233 g/mol. The predicted octanol–water partition coefficient (Wildman–Crippen LogP) is 0.793. The number of pyridine rings is 1. The molecule has 0 radical (unpaired) electrons. The number of nitrogens with zero attached hydrogens (tertiary/aromatic N) is 2. The molecule has 16 heavy (non-hydrogen) atoms. The molecule has 0 aliphatic carbocycles. The Morgan fingerprint density at radius 2 is 2.00 bits per heavy atom. The van der Waals surface area contributed by atoms with Crippen LogP contribution < -0.4 is 22.3 Å². The summed E-state index contributed by atoms with van der Waals surface area (Å²) in [6.45, 7) is 0. The lowest BCUT2D eigenvalue weighted by molar-refractivity contribution is -0.137. The molecule has 0 fully saturated rings. The second-order valence-electron chi connectivity index (χ2n) is 2.89. The van der Waals surface area contributed by atoms with E-state index in [1.165, 1.54) is 0 Å². The molecule has 5 nitrogen and oxygen atoms in total. The van der Waals surface area contributed by atoms with Gasteiger partial charge >= 0.3 is 6.18 Å². The minimum absolute atomic E-state index is 0.0961. The molecule has 0 unspecified atom stereocenters. The Balaban J connectivity index is 3.28. The quantitative estimate of drug-likeness (QED) is 0.518. The molecular formula is C8H10F3N5. The van der Waals surface area contributed by atoms with E-state index in [0.717, 1.165) is 24.7 Å². The van der Waals surface area contributed by atoms with Gasteiger partial charge in [0.15, 0.2) is 5.82 Å². The highest BCUT2D eigenvalue weighted by Crippen LogP contribution is 2.35. The van der Waals surface area contributed by atoms with E-state index in [2.05, 4.69) is 4.98 Å². The normalized spacial score (nSPS) is 12.0. The highest BCUT2D eigenvalue weighted by Gasteiger charge is 2.35. The van der Waals surface area contributed by atoms with Crippen LogP contribution in [0.2, 0.25) is 0 Å². The maximum absolute atomic E-state index is 12.6. The van der Waals surface area contributed by atoms with Crippen molar-refractivity contribution in [1.82, 2.24) is 4.98 Å². The van der Waals surface area contributed by atoms with Gasteiger partial charge in [0.2, 0.25) is 0 Å². The standard InChI is InChI=1S/C8H10F3N5/c9-8(10,11)6-3-5(13)4-15-7(6)16(14)2-1-12/h1-4H,12-14H2/b2-1-. The predicted molar refractivity (Wildman–Crippen MR) is 53.6 cm³/mol. The van der Waals surface area contributed by atoms with E-state index in [4.69, 9.17) is 17.3 Å². The minimum Gasteiger partial charge on any atom is -0.403 e. The average Bonchev–Trinajstić information content (AvgIpc) is 2.16. The maximum atomic E-state index is 12.6. The molecule has 0 aliphatic rings. The van der Waals surface area contributed by atoms with Crippen molar-refractivity contribution in [1.29, 1.82) is 0 Å². The number of hydrogen-bond donors (Lipinski definition) is 3. The largest absolute Gasteiger partial charge is 0.420 e. The van der Waals surface area contributed by atoms with Crippen LogP contribution in [-0.2, 0) is 6.18 Å². The van der Waals surface area contributed by atoms with Crippen molar-refractivity contribution in [3.05, 3.63) is 30.2 Å². The van der Waals surface area contributed by atoms with E-state index in [9.17, 15) is 13.2 Å². The first-order chi connectivity index (χ1) is 7.36. The Morgan fingerprint density at radius 1 is 1.38 bits per heavy atom. The van der Waals surface area contributed by atoms with Gasteiger partial charge in [0.05, 0.1) is 11.9 Å². The third kappa shape index (κ3) is 2.54. The van der Waals surface area contributed by atoms with E-state index < -0.39 is 17.6 Å². The average molecular weight is 233 g/mol. The highest BCUT2D eigenvalue weighted by atomic mass is 19.4. The molecule has 1 aromatic rings. The first-order valence-corrected chi connectivity index (χ1v) is 4.11. The number of alkyl halides is 3. The number of halogens is 3. The first-order valence-electron chi connectivity index (χ1n) is 4.11. The summed E-state index contributed by atoms with van der Waals surface area (Å²) in [5.41, 5.74) is 9.14. The van der Waals surface area contributed by atoms with Gasteiger partial charge in [-0.05, 0) is 6.07 Å². The zero-order valence-corrected chi connectivity index (χ0v) is 8.07. The summed E-state index contributed by atoms with van der Waals surface area (Å²) in [7, 11) is 0. The van der Waals surface area contributed by atoms with E-state index in [1.54, 1.807) is 0 Å². The van der Waals surface area contributed by atoms with E-state index in [0.29, 0.717) is 5.01 Å². The third-order valence-electron chi connectivity index (χ3n) is 1.68. The van der Waals surface area contributed by atoms with Crippen molar-refractivity contribution in [3.8, 4) is 0 Å². The van der Waals surface area contributed by atoms with Gasteiger partial charge < -0.3 is 11.5 Å². The smallest absolute Gasteiger partial charge is 0.403 e. The van der Waals surface area contributed by atoms with Gasteiger partial charge in [-0.25, -0.2) is 10.8 Å². The van der Waals surface area contributed by atoms with Crippen LogP contribution in [0.1, 0.15) is 5.56 Å². The molecule has 6 N–H and O–H groups in total. The van der Waals surface area contributed by atoms with Crippen LogP contribution in [0.4, 0.5) is 24.7 Å². The summed E-state index contributed by atoms with van der Waals surface area (Å²) in [6, 6.07) is 0.756. The molecule has 0 bridgehead atoms. The van der Waals surface area contributed by atoms with Crippen LogP contribution in [-0.4, -0.2) is 4.98 Å². The fourth-order valence-corrected chi connectivity index (χ4v) is 1.05. The third-order valence-corrected chi connectivity index (χ3v) is 1.68. The van der Waals surface area contributed by atoms with Crippen LogP contribution in [0.5, 0.6) is 0 Å². The van der Waals surface area contributed by atoms with Crippen molar-refractivity contribution in [2.45, 2.75) is 6.18 Å². The Kier molecular flexibility index (Phi) is 3.23. The zero-order chi connectivity index (χ0) is 12.3. The molecule has 0 aliphatic heterocycles. The molecule has 1 heterocycles. The fraction of sp³-hybridized carbons (Fsp3) is 0.125. The molecular weight excluding hydrogens is 223 g/mol. The molecule has 0 atom stereocenters. The van der Waals surface area contributed by atoms with Crippen molar-refractivity contribution in [2.24, 2.45) is 11.6 Å². The summed E-state index contributed by atoms with van der Waals surface area (Å²) in [4.78, 5) is 3.51. The number of hydrazine groups is 1. The second-order valence-corrected chi connectivity index (χ2v) is 2.89. The first kappa shape index (κ1) is 12.1. The van der Waals surface area contributed by atoms with Crippen molar-refractivity contribution in [2.75, 3.05) is 10.7 Å². The molecule has 0 saturated heterocycles. The summed E-state index contributed by atoms with van der Waals surface area (Å²) >= 11 is 0. The van der Waals surface area contributed by atoms with Crippen molar-refractivity contribution in [3.63, 3.8) is 0 Å². The van der Waals surface area contributed by atoms with Crippen LogP contribution in [0.15, 0.2) is 24.7 Å². The van der Waals surface area contributed by atoms with Crippen LogP contribution in [0, 0.1) is 0 Å². The molecule has 1 rings (SSSR count). The van der Waals surface area contributed by atoms with Crippen molar-refractivity contribution >= 4 is 11.5 Å².